The van der Waals surface area contributed by atoms with E-state index in [-0.39, 0.29) is 17.4 Å². The number of ether oxygens (including phenoxy) is 1. The molecule has 20 heavy (non-hydrogen) atoms. The number of amides is 1. The summed E-state index contributed by atoms with van der Waals surface area (Å²) in [5.74, 6) is 1.02. The number of carbonyl (C=O) groups excluding carboxylic acids is 1. The lowest BCUT2D eigenvalue weighted by Crippen LogP contribution is -2.46. The van der Waals surface area contributed by atoms with Gasteiger partial charge in [-0.25, -0.2) is 0 Å². The van der Waals surface area contributed by atoms with Crippen molar-refractivity contribution in [1.29, 1.82) is 0 Å². The fourth-order valence-corrected chi connectivity index (χ4v) is 2.89. The largest absolute Gasteiger partial charge is 0.383 e. The summed E-state index contributed by atoms with van der Waals surface area (Å²) in [7, 11) is 1.62. The molecule has 1 aliphatic heterocycles. The van der Waals surface area contributed by atoms with Crippen LogP contribution in [-0.2, 0) is 9.53 Å². The highest BCUT2D eigenvalue weighted by atomic mass is 32.2. The Kier molecular flexibility index (Phi) is 6.82. The lowest BCUT2D eigenvalue weighted by molar-refractivity contribution is -0.122. The molecule has 0 saturated heterocycles. The average Bonchev–Trinajstić information content (AvgIpc) is 2.38. The van der Waals surface area contributed by atoms with Crippen LogP contribution < -0.4 is 10.6 Å². The van der Waals surface area contributed by atoms with Crippen LogP contribution in [0, 0.1) is 5.41 Å². The Morgan fingerprint density at radius 2 is 2.25 bits per heavy atom. The van der Waals surface area contributed by atoms with Gasteiger partial charge in [0.2, 0.25) is 5.91 Å². The number of carbonyl (C=O) groups is 1. The summed E-state index contributed by atoms with van der Waals surface area (Å²) in [5, 5.41) is 6.91. The van der Waals surface area contributed by atoms with Gasteiger partial charge in [0.1, 0.15) is 6.04 Å². The molecule has 0 aromatic rings. The second-order valence-electron chi connectivity index (χ2n) is 6.10. The van der Waals surface area contributed by atoms with E-state index in [2.05, 4.69) is 31.4 Å². The summed E-state index contributed by atoms with van der Waals surface area (Å²) >= 11 is 1.69. The summed E-state index contributed by atoms with van der Waals surface area (Å²) in [6.45, 7) is 9.53. The topological polar surface area (TPSA) is 62.7 Å². The van der Waals surface area contributed by atoms with Crippen LogP contribution >= 0.6 is 11.8 Å². The first kappa shape index (κ1) is 17.3. The number of nitrogens with zero attached hydrogens (tertiary/aromatic N) is 1. The van der Waals surface area contributed by atoms with Crippen molar-refractivity contribution in [2.45, 2.75) is 46.2 Å². The monoisotopic (exact) mass is 301 g/mol. The molecule has 0 radical (unpaired) electrons. The van der Waals surface area contributed by atoms with Gasteiger partial charge in [0.25, 0.3) is 0 Å². The van der Waals surface area contributed by atoms with Crippen LogP contribution in [0.15, 0.2) is 4.99 Å². The summed E-state index contributed by atoms with van der Waals surface area (Å²) in [6, 6.07) is 0.0341. The van der Waals surface area contributed by atoms with Crippen LogP contribution in [0.2, 0.25) is 0 Å². The number of hydrogen-bond donors (Lipinski definition) is 2. The second-order valence-corrected chi connectivity index (χ2v) is 7.19. The highest BCUT2D eigenvalue weighted by Gasteiger charge is 2.28. The maximum Gasteiger partial charge on any atom is 0.242 e. The maximum absolute atomic E-state index is 11.9. The first-order chi connectivity index (χ1) is 9.34. The van der Waals surface area contributed by atoms with Gasteiger partial charge in [-0.2, -0.15) is 0 Å². The van der Waals surface area contributed by atoms with Crippen LogP contribution in [0.25, 0.3) is 0 Å². The molecule has 0 spiro atoms. The maximum atomic E-state index is 11.9. The van der Waals surface area contributed by atoms with Gasteiger partial charge in [-0.15, -0.1) is 0 Å². The Balaban J connectivity index is 2.50. The van der Waals surface area contributed by atoms with Crippen LogP contribution in [0.4, 0.5) is 0 Å². The Hall–Kier alpha value is -0.750. The molecule has 6 heteroatoms. The van der Waals surface area contributed by atoms with E-state index in [0.717, 1.165) is 17.3 Å². The molecule has 0 aromatic heterocycles. The molecule has 0 aliphatic carbocycles. The predicted molar refractivity (Wildman–Crippen MR) is 85.2 cm³/mol. The average molecular weight is 301 g/mol. The number of methoxy groups -OCH3 is 1. The van der Waals surface area contributed by atoms with Crippen molar-refractivity contribution < 1.29 is 9.53 Å². The molecule has 0 saturated carbocycles. The van der Waals surface area contributed by atoms with Gasteiger partial charge in [0.05, 0.1) is 12.6 Å². The number of rotatable bonds is 5. The lowest BCUT2D eigenvalue weighted by atomic mass is 9.85. The number of amidine groups is 1. The second kappa shape index (κ2) is 7.88. The zero-order valence-corrected chi connectivity index (χ0v) is 14.0. The van der Waals surface area contributed by atoms with Crippen molar-refractivity contribution in [3.8, 4) is 0 Å². The van der Waals surface area contributed by atoms with E-state index in [1.807, 2.05) is 6.92 Å². The van der Waals surface area contributed by atoms with Gasteiger partial charge < -0.3 is 15.4 Å². The summed E-state index contributed by atoms with van der Waals surface area (Å²) in [4.78, 5) is 16.6. The molecule has 0 aromatic carbocycles. The molecule has 5 nitrogen and oxygen atoms in total. The number of aliphatic imine (C=N–C) groups is 1. The quantitative estimate of drug-likeness (QED) is 0.758. The van der Waals surface area contributed by atoms with Crippen LogP contribution in [-0.4, -0.2) is 49.2 Å². The highest BCUT2D eigenvalue weighted by molar-refractivity contribution is 8.13. The van der Waals surface area contributed by atoms with E-state index in [9.17, 15) is 4.79 Å². The molecule has 1 rings (SSSR count). The smallest absolute Gasteiger partial charge is 0.242 e. The lowest BCUT2D eigenvalue weighted by Gasteiger charge is -2.31. The molecule has 2 N–H and O–H groups in total. The normalized spacial score (nSPS) is 21.1. The van der Waals surface area contributed by atoms with E-state index >= 15 is 0 Å². The summed E-state index contributed by atoms with van der Waals surface area (Å²) in [5.41, 5.74) is 0.165. The van der Waals surface area contributed by atoms with Gasteiger partial charge in [-0.05, 0) is 18.8 Å². The standard InChI is InChI=1S/C14H27N3O2S/c1-10(12(18)15-7-8-19-5)16-13-17-11(6-9-20-13)14(2,3)4/h10-11H,6-9H2,1-5H3,(H,15,18)(H,16,17). The van der Waals surface area contributed by atoms with Gasteiger partial charge in [0.15, 0.2) is 5.17 Å². The van der Waals surface area contributed by atoms with E-state index < -0.39 is 0 Å². The van der Waals surface area contributed by atoms with Crippen LogP contribution in [0.3, 0.4) is 0 Å². The molecule has 1 aliphatic rings. The van der Waals surface area contributed by atoms with Crippen molar-refractivity contribution in [3.05, 3.63) is 0 Å². The van der Waals surface area contributed by atoms with E-state index in [1.165, 1.54) is 0 Å². The minimum absolute atomic E-state index is 0.0248. The summed E-state index contributed by atoms with van der Waals surface area (Å²) < 4.78 is 4.91. The summed E-state index contributed by atoms with van der Waals surface area (Å²) in [6.07, 6.45) is 1.09. The Morgan fingerprint density at radius 1 is 1.55 bits per heavy atom. The van der Waals surface area contributed by atoms with Crippen molar-refractivity contribution in [2.75, 3.05) is 26.0 Å². The van der Waals surface area contributed by atoms with Crippen LogP contribution in [0.1, 0.15) is 34.1 Å². The van der Waals surface area contributed by atoms with E-state index in [0.29, 0.717) is 19.2 Å². The molecule has 1 amide bonds. The van der Waals surface area contributed by atoms with Crippen molar-refractivity contribution in [1.82, 2.24) is 10.6 Å². The highest BCUT2D eigenvalue weighted by Crippen LogP contribution is 2.30. The SMILES string of the molecule is COCCNC(=O)C(C)NC1=NC(C(C)(C)C)CCS1. The molecular formula is C14H27N3O2S. The predicted octanol–water partition coefficient (Wildman–Crippen LogP) is 1.63. The third kappa shape index (κ3) is 5.71. The Morgan fingerprint density at radius 3 is 2.85 bits per heavy atom. The number of nitrogens with one attached hydrogen (secondary N) is 2. The van der Waals surface area contributed by atoms with Gasteiger partial charge >= 0.3 is 0 Å². The zero-order valence-electron chi connectivity index (χ0n) is 13.2. The molecule has 0 fully saturated rings. The zero-order chi connectivity index (χ0) is 15.2. The van der Waals surface area contributed by atoms with Gasteiger partial charge in [-0.3, -0.25) is 9.79 Å². The van der Waals surface area contributed by atoms with E-state index in [4.69, 9.17) is 9.73 Å². The third-order valence-corrected chi connectivity index (χ3v) is 4.18. The van der Waals surface area contributed by atoms with Crippen LogP contribution in [0.5, 0.6) is 0 Å². The fraction of sp³-hybridized carbons (Fsp3) is 0.857. The molecule has 2 unspecified atom stereocenters. The minimum atomic E-state index is -0.281. The minimum Gasteiger partial charge on any atom is -0.383 e. The Labute approximate surface area is 126 Å². The molecular weight excluding hydrogens is 274 g/mol. The van der Waals surface area contributed by atoms with Gasteiger partial charge in [0, 0.05) is 19.4 Å². The van der Waals surface area contributed by atoms with E-state index in [1.54, 1.807) is 18.9 Å². The van der Waals surface area contributed by atoms with Crippen molar-refractivity contribution in [2.24, 2.45) is 10.4 Å². The molecule has 0 bridgehead atoms. The number of thioether (sulfide) groups is 1. The third-order valence-electron chi connectivity index (χ3n) is 3.24. The first-order valence-corrected chi connectivity index (χ1v) is 8.07. The molecule has 116 valence electrons. The van der Waals surface area contributed by atoms with Crippen molar-refractivity contribution >= 4 is 22.8 Å². The van der Waals surface area contributed by atoms with Gasteiger partial charge in [-0.1, -0.05) is 32.5 Å². The number of hydrogen-bond acceptors (Lipinski definition) is 5. The first-order valence-electron chi connectivity index (χ1n) is 7.08. The molecule has 2 atom stereocenters. The molecule has 1 heterocycles. The fourth-order valence-electron chi connectivity index (χ4n) is 1.90. The van der Waals surface area contributed by atoms with Crippen molar-refractivity contribution in [3.63, 3.8) is 0 Å². The Bertz CT molecular complexity index is 353.